The van der Waals surface area contributed by atoms with Gasteiger partial charge >= 0.3 is 0 Å². The SMILES string of the molecule is CC1CC1C(NN)c1ccc(F)cc1F. The third-order valence-corrected chi connectivity index (χ3v) is 3.08. The highest BCUT2D eigenvalue weighted by Gasteiger charge is 2.40. The Hall–Kier alpha value is -1.00. The largest absolute Gasteiger partial charge is 0.271 e. The molecule has 2 nitrogen and oxygen atoms in total. The minimum atomic E-state index is -0.559. The predicted molar refractivity (Wildman–Crippen MR) is 53.7 cm³/mol. The van der Waals surface area contributed by atoms with Gasteiger partial charge in [0.15, 0.2) is 0 Å². The number of nitrogens with two attached hydrogens (primary N) is 1. The van der Waals surface area contributed by atoms with Crippen molar-refractivity contribution in [3.05, 3.63) is 35.4 Å². The van der Waals surface area contributed by atoms with Gasteiger partial charge in [0.05, 0.1) is 6.04 Å². The Morgan fingerprint density at radius 2 is 2.13 bits per heavy atom. The van der Waals surface area contributed by atoms with E-state index in [1.807, 2.05) is 0 Å². The Balaban J connectivity index is 2.26. The van der Waals surface area contributed by atoms with E-state index < -0.39 is 11.6 Å². The van der Waals surface area contributed by atoms with Crippen LogP contribution in [0.4, 0.5) is 8.78 Å². The molecule has 1 aliphatic rings. The molecule has 1 saturated carbocycles. The molecule has 4 heteroatoms. The Kier molecular flexibility index (Phi) is 2.71. The minimum Gasteiger partial charge on any atom is -0.271 e. The van der Waals surface area contributed by atoms with Crippen molar-refractivity contribution < 1.29 is 8.78 Å². The van der Waals surface area contributed by atoms with Crippen LogP contribution < -0.4 is 11.3 Å². The van der Waals surface area contributed by atoms with Crippen molar-refractivity contribution in [2.45, 2.75) is 19.4 Å². The molecule has 0 saturated heterocycles. The van der Waals surface area contributed by atoms with Crippen LogP contribution in [0.25, 0.3) is 0 Å². The van der Waals surface area contributed by atoms with Crippen molar-refractivity contribution >= 4 is 0 Å². The molecule has 0 amide bonds. The number of hydrogen-bond donors (Lipinski definition) is 2. The van der Waals surface area contributed by atoms with Gasteiger partial charge in [-0.05, 0) is 24.3 Å². The first kappa shape index (κ1) is 10.5. The quantitative estimate of drug-likeness (QED) is 0.595. The van der Waals surface area contributed by atoms with E-state index >= 15 is 0 Å². The van der Waals surface area contributed by atoms with E-state index in [0.717, 1.165) is 12.5 Å². The van der Waals surface area contributed by atoms with E-state index in [9.17, 15) is 8.78 Å². The summed E-state index contributed by atoms with van der Waals surface area (Å²) >= 11 is 0. The zero-order chi connectivity index (χ0) is 11.0. The molecule has 3 atom stereocenters. The second-order valence-corrected chi connectivity index (χ2v) is 4.19. The monoisotopic (exact) mass is 212 g/mol. The van der Waals surface area contributed by atoms with Gasteiger partial charge in [0.2, 0.25) is 0 Å². The summed E-state index contributed by atoms with van der Waals surface area (Å²) in [7, 11) is 0. The summed E-state index contributed by atoms with van der Waals surface area (Å²) in [5.41, 5.74) is 3.06. The molecule has 0 spiro atoms. The molecule has 3 unspecified atom stereocenters. The third kappa shape index (κ3) is 2.01. The Labute approximate surface area is 87.4 Å². The van der Waals surface area contributed by atoms with Crippen LogP contribution in [0.2, 0.25) is 0 Å². The fourth-order valence-corrected chi connectivity index (χ4v) is 2.01. The molecule has 1 fully saturated rings. The summed E-state index contributed by atoms with van der Waals surface area (Å²) in [6, 6.07) is 3.41. The standard InChI is InChI=1S/C11H14F2N2/c1-6-4-9(6)11(15-14)8-3-2-7(12)5-10(8)13/h2-3,5-6,9,11,15H,4,14H2,1H3. The van der Waals surface area contributed by atoms with Crippen molar-refractivity contribution in [1.82, 2.24) is 5.43 Å². The van der Waals surface area contributed by atoms with Crippen molar-refractivity contribution in [2.24, 2.45) is 17.7 Å². The molecular weight excluding hydrogens is 198 g/mol. The average molecular weight is 212 g/mol. The lowest BCUT2D eigenvalue weighted by molar-refractivity contribution is 0.449. The topological polar surface area (TPSA) is 38.0 Å². The molecule has 2 rings (SSSR count). The van der Waals surface area contributed by atoms with E-state index in [4.69, 9.17) is 5.84 Å². The van der Waals surface area contributed by atoms with Gasteiger partial charge in [-0.3, -0.25) is 11.3 Å². The van der Waals surface area contributed by atoms with Gasteiger partial charge in [-0.15, -0.1) is 0 Å². The molecule has 0 aliphatic heterocycles. The molecule has 0 heterocycles. The molecule has 3 N–H and O–H groups in total. The summed E-state index contributed by atoms with van der Waals surface area (Å²) in [6.45, 7) is 2.09. The maximum Gasteiger partial charge on any atom is 0.130 e. The van der Waals surface area contributed by atoms with Crippen LogP contribution in [0.5, 0.6) is 0 Å². The van der Waals surface area contributed by atoms with Gasteiger partial charge in [0, 0.05) is 11.6 Å². The molecule has 1 aromatic carbocycles. The normalized spacial score (nSPS) is 26.4. The van der Waals surface area contributed by atoms with Crippen molar-refractivity contribution in [3.8, 4) is 0 Å². The number of hydrazine groups is 1. The first-order valence-electron chi connectivity index (χ1n) is 5.04. The molecule has 82 valence electrons. The van der Waals surface area contributed by atoms with Gasteiger partial charge in [-0.1, -0.05) is 13.0 Å². The zero-order valence-corrected chi connectivity index (χ0v) is 8.50. The van der Waals surface area contributed by atoms with Gasteiger partial charge < -0.3 is 0 Å². The van der Waals surface area contributed by atoms with E-state index in [2.05, 4.69) is 12.3 Å². The highest BCUT2D eigenvalue weighted by molar-refractivity contribution is 5.24. The van der Waals surface area contributed by atoms with E-state index in [0.29, 0.717) is 17.4 Å². The maximum atomic E-state index is 13.5. The number of halogens is 2. The third-order valence-electron chi connectivity index (χ3n) is 3.08. The smallest absolute Gasteiger partial charge is 0.130 e. The predicted octanol–water partition coefficient (Wildman–Crippen LogP) is 2.13. The van der Waals surface area contributed by atoms with Gasteiger partial charge in [-0.2, -0.15) is 0 Å². The number of nitrogens with one attached hydrogen (secondary N) is 1. The van der Waals surface area contributed by atoms with E-state index in [-0.39, 0.29) is 6.04 Å². The second kappa shape index (κ2) is 3.87. The molecule has 15 heavy (non-hydrogen) atoms. The van der Waals surface area contributed by atoms with Gasteiger partial charge in [-0.25, -0.2) is 8.78 Å². The van der Waals surface area contributed by atoms with Crippen LogP contribution in [0.1, 0.15) is 24.9 Å². The van der Waals surface area contributed by atoms with Crippen LogP contribution >= 0.6 is 0 Å². The minimum absolute atomic E-state index is 0.208. The molecule has 0 radical (unpaired) electrons. The highest BCUT2D eigenvalue weighted by atomic mass is 19.1. The first-order valence-corrected chi connectivity index (χ1v) is 5.04. The molecule has 1 aromatic rings. The second-order valence-electron chi connectivity index (χ2n) is 4.19. The Morgan fingerprint density at radius 3 is 2.60 bits per heavy atom. The molecule has 0 bridgehead atoms. The fourth-order valence-electron chi connectivity index (χ4n) is 2.01. The zero-order valence-electron chi connectivity index (χ0n) is 8.50. The lowest BCUT2D eigenvalue weighted by atomic mass is 10.0. The van der Waals surface area contributed by atoms with E-state index in [1.165, 1.54) is 12.1 Å². The highest BCUT2D eigenvalue weighted by Crippen LogP contribution is 2.46. The average Bonchev–Trinajstić information content (AvgIpc) is 2.88. The van der Waals surface area contributed by atoms with Crippen LogP contribution in [0.3, 0.4) is 0 Å². The summed E-state index contributed by atoms with van der Waals surface area (Å²) in [5, 5.41) is 0. The summed E-state index contributed by atoms with van der Waals surface area (Å²) in [5.74, 6) is 5.22. The van der Waals surface area contributed by atoms with Crippen LogP contribution in [0.15, 0.2) is 18.2 Å². The Bertz CT molecular complexity index is 368. The lowest BCUT2D eigenvalue weighted by Gasteiger charge is -2.16. The Morgan fingerprint density at radius 1 is 1.47 bits per heavy atom. The summed E-state index contributed by atoms with van der Waals surface area (Å²) < 4.78 is 26.2. The lowest BCUT2D eigenvalue weighted by Crippen LogP contribution is -2.30. The van der Waals surface area contributed by atoms with Crippen LogP contribution in [-0.4, -0.2) is 0 Å². The van der Waals surface area contributed by atoms with Gasteiger partial charge in [0.1, 0.15) is 11.6 Å². The maximum absolute atomic E-state index is 13.5. The van der Waals surface area contributed by atoms with Crippen LogP contribution in [-0.2, 0) is 0 Å². The van der Waals surface area contributed by atoms with Crippen molar-refractivity contribution in [1.29, 1.82) is 0 Å². The van der Waals surface area contributed by atoms with Crippen LogP contribution in [0, 0.1) is 23.5 Å². The fraction of sp³-hybridized carbons (Fsp3) is 0.455. The van der Waals surface area contributed by atoms with Gasteiger partial charge in [0.25, 0.3) is 0 Å². The molecule has 1 aliphatic carbocycles. The van der Waals surface area contributed by atoms with Crippen molar-refractivity contribution in [3.63, 3.8) is 0 Å². The number of rotatable bonds is 3. The summed E-state index contributed by atoms with van der Waals surface area (Å²) in [4.78, 5) is 0. The van der Waals surface area contributed by atoms with E-state index in [1.54, 1.807) is 0 Å². The first-order chi connectivity index (χ1) is 7.13. The number of hydrogen-bond acceptors (Lipinski definition) is 2. The molecule has 0 aromatic heterocycles. The number of benzene rings is 1. The molecular formula is C11H14F2N2. The van der Waals surface area contributed by atoms with Crippen molar-refractivity contribution in [2.75, 3.05) is 0 Å². The summed E-state index contributed by atoms with van der Waals surface area (Å²) in [6.07, 6.45) is 1.03.